The van der Waals surface area contributed by atoms with Crippen molar-refractivity contribution in [1.29, 1.82) is 0 Å². The van der Waals surface area contributed by atoms with E-state index >= 15 is 0 Å². The number of nitrogens with one attached hydrogen (secondary N) is 2. The van der Waals surface area contributed by atoms with E-state index in [-0.39, 0.29) is 5.56 Å². The van der Waals surface area contributed by atoms with Gasteiger partial charge in [0.05, 0.1) is 5.70 Å². The van der Waals surface area contributed by atoms with E-state index in [9.17, 15) is 18.0 Å². The summed E-state index contributed by atoms with van der Waals surface area (Å²) in [7, 11) is 0. The molecule has 0 unspecified atom stereocenters. The van der Waals surface area contributed by atoms with Crippen molar-refractivity contribution in [2.45, 2.75) is 13.3 Å². The van der Waals surface area contributed by atoms with Gasteiger partial charge >= 0.3 is 0 Å². The molecule has 17 heavy (non-hydrogen) atoms. The van der Waals surface area contributed by atoms with Gasteiger partial charge < -0.3 is 0 Å². The normalized spacial score (nSPS) is 10.2. The fourth-order valence-corrected chi connectivity index (χ4v) is 0.998. The molecule has 0 atom stereocenters. The van der Waals surface area contributed by atoms with Crippen LogP contribution >= 0.6 is 0 Å². The third-order valence-corrected chi connectivity index (χ3v) is 2.03. The summed E-state index contributed by atoms with van der Waals surface area (Å²) < 4.78 is 37.2. The fraction of sp³-hybridized carbons (Fsp3) is 0.182. The van der Waals surface area contributed by atoms with Gasteiger partial charge in [0, 0.05) is 5.56 Å². The van der Waals surface area contributed by atoms with Gasteiger partial charge in [-0.15, -0.1) is 0 Å². The largest absolute Gasteiger partial charge is 0.297 e. The predicted octanol–water partition coefficient (Wildman–Crippen LogP) is 2.15. The van der Waals surface area contributed by atoms with E-state index in [1.165, 1.54) is 12.1 Å². The van der Waals surface area contributed by atoms with Gasteiger partial charge in [0.1, 0.15) is 5.82 Å². The highest BCUT2D eigenvalue weighted by Crippen LogP contribution is 2.09. The van der Waals surface area contributed by atoms with Gasteiger partial charge in [-0.25, -0.2) is 13.2 Å². The molecular formula is C11H11F3N2O. The minimum atomic E-state index is -2.79. The molecule has 1 rings (SSSR count). The number of rotatable bonds is 4. The molecule has 92 valence electrons. The third kappa shape index (κ3) is 3.51. The Hall–Kier alpha value is -1.98. The van der Waals surface area contributed by atoms with Gasteiger partial charge in [0.25, 0.3) is 12.3 Å². The van der Waals surface area contributed by atoms with Crippen LogP contribution in [0.15, 0.2) is 30.5 Å². The second kappa shape index (κ2) is 5.38. The summed E-state index contributed by atoms with van der Waals surface area (Å²) in [6.07, 6.45) is -2.79. The van der Waals surface area contributed by atoms with Gasteiger partial charge in [0.2, 0.25) is 0 Å². The van der Waals surface area contributed by atoms with Crippen molar-refractivity contribution in [2.75, 3.05) is 0 Å². The van der Waals surface area contributed by atoms with Gasteiger partial charge in [-0.2, -0.15) is 0 Å². The van der Waals surface area contributed by atoms with Crippen LogP contribution in [0.4, 0.5) is 13.2 Å². The summed E-state index contributed by atoms with van der Waals surface area (Å²) in [6, 6.07) is 3.84. The second-order valence-electron chi connectivity index (χ2n) is 3.37. The molecule has 0 aliphatic rings. The summed E-state index contributed by atoms with van der Waals surface area (Å²) in [5, 5.41) is 0. The maximum absolute atomic E-state index is 13.1. The van der Waals surface area contributed by atoms with Crippen LogP contribution in [-0.2, 0) is 0 Å². The van der Waals surface area contributed by atoms with Gasteiger partial charge in [-0.3, -0.25) is 15.6 Å². The summed E-state index contributed by atoms with van der Waals surface area (Å²) in [4.78, 5) is 11.4. The molecule has 0 saturated heterocycles. The van der Waals surface area contributed by atoms with E-state index in [4.69, 9.17) is 0 Å². The van der Waals surface area contributed by atoms with Crippen molar-refractivity contribution in [3.8, 4) is 0 Å². The van der Waals surface area contributed by atoms with Crippen LogP contribution in [0.3, 0.4) is 0 Å². The second-order valence-corrected chi connectivity index (χ2v) is 3.37. The van der Waals surface area contributed by atoms with Crippen LogP contribution < -0.4 is 10.9 Å². The average Bonchev–Trinajstić information content (AvgIpc) is 2.28. The Bertz CT molecular complexity index is 446. The molecule has 6 heteroatoms. The predicted molar refractivity (Wildman–Crippen MR) is 56.9 cm³/mol. The van der Waals surface area contributed by atoms with Crippen molar-refractivity contribution in [3.05, 3.63) is 47.4 Å². The summed E-state index contributed by atoms with van der Waals surface area (Å²) >= 11 is 0. The zero-order valence-electron chi connectivity index (χ0n) is 9.06. The Kier molecular flexibility index (Phi) is 4.14. The zero-order valence-corrected chi connectivity index (χ0v) is 9.06. The Morgan fingerprint density at radius 3 is 2.53 bits per heavy atom. The van der Waals surface area contributed by atoms with Crippen molar-refractivity contribution in [1.82, 2.24) is 10.9 Å². The smallest absolute Gasteiger partial charge is 0.279 e. The summed E-state index contributed by atoms with van der Waals surface area (Å²) in [6.45, 7) is 4.55. The number of carbonyl (C=O) groups is 1. The summed E-state index contributed by atoms with van der Waals surface area (Å²) in [5.74, 6) is -1.25. The van der Waals surface area contributed by atoms with Crippen LogP contribution in [0.1, 0.15) is 15.9 Å². The molecule has 0 fully saturated rings. The van der Waals surface area contributed by atoms with Gasteiger partial charge in [0.15, 0.2) is 0 Å². The number of allylic oxidation sites excluding steroid dienone is 1. The Morgan fingerprint density at radius 2 is 2.00 bits per heavy atom. The van der Waals surface area contributed by atoms with Crippen LogP contribution in [0.25, 0.3) is 0 Å². The number of halogens is 3. The molecular weight excluding hydrogens is 233 g/mol. The van der Waals surface area contributed by atoms with Crippen LogP contribution in [0.5, 0.6) is 0 Å². The lowest BCUT2D eigenvalue weighted by Crippen LogP contribution is -2.38. The third-order valence-electron chi connectivity index (χ3n) is 2.03. The van der Waals surface area contributed by atoms with Crippen molar-refractivity contribution >= 4 is 5.91 Å². The van der Waals surface area contributed by atoms with Crippen LogP contribution in [0, 0.1) is 12.7 Å². The molecule has 1 aromatic carbocycles. The highest BCUT2D eigenvalue weighted by atomic mass is 19.3. The maximum atomic E-state index is 13.1. The van der Waals surface area contributed by atoms with E-state index in [0.29, 0.717) is 5.56 Å². The lowest BCUT2D eigenvalue weighted by atomic mass is 10.1. The van der Waals surface area contributed by atoms with Crippen LogP contribution in [-0.4, -0.2) is 12.3 Å². The average molecular weight is 244 g/mol. The van der Waals surface area contributed by atoms with Crippen LogP contribution in [0.2, 0.25) is 0 Å². The molecule has 0 aliphatic carbocycles. The first-order valence-electron chi connectivity index (χ1n) is 4.71. The van der Waals surface area contributed by atoms with E-state index < -0.39 is 23.8 Å². The van der Waals surface area contributed by atoms with E-state index in [1.807, 2.05) is 10.9 Å². The van der Waals surface area contributed by atoms with E-state index in [1.54, 1.807) is 6.92 Å². The lowest BCUT2D eigenvalue weighted by Gasteiger charge is -2.10. The molecule has 0 saturated carbocycles. The molecule has 0 heterocycles. The number of hydrogen-bond acceptors (Lipinski definition) is 2. The maximum Gasteiger partial charge on any atom is 0.279 e. The molecule has 1 aromatic rings. The molecule has 0 spiro atoms. The number of hydrazine groups is 1. The number of hydrogen-bond donors (Lipinski definition) is 2. The highest BCUT2D eigenvalue weighted by Gasteiger charge is 2.11. The van der Waals surface area contributed by atoms with Gasteiger partial charge in [-0.05, 0) is 24.6 Å². The highest BCUT2D eigenvalue weighted by molar-refractivity contribution is 5.93. The van der Waals surface area contributed by atoms with E-state index in [0.717, 1.165) is 6.07 Å². The monoisotopic (exact) mass is 244 g/mol. The first-order chi connectivity index (χ1) is 7.91. The lowest BCUT2D eigenvalue weighted by molar-refractivity contribution is 0.0928. The minimum absolute atomic E-state index is 0.0302. The first-order valence-corrected chi connectivity index (χ1v) is 4.71. The zero-order chi connectivity index (χ0) is 13.0. The SMILES string of the molecule is C=C(NNC(=O)c1ccc(C)c(F)c1)C(F)F. The Labute approximate surface area is 96.3 Å². The number of aryl methyl sites for hydroxylation is 1. The quantitative estimate of drug-likeness (QED) is 0.797. The molecule has 0 aliphatic heterocycles. The fourth-order valence-electron chi connectivity index (χ4n) is 0.998. The van der Waals surface area contributed by atoms with Crippen molar-refractivity contribution in [3.63, 3.8) is 0 Å². The number of alkyl halides is 2. The number of amides is 1. The molecule has 0 bridgehead atoms. The molecule has 0 radical (unpaired) electrons. The van der Waals surface area contributed by atoms with Crippen molar-refractivity contribution in [2.24, 2.45) is 0 Å². The molecule has 2 N–H and O–H groups in total. The standard InChI is InChI=1S/C11H11F3N2O/c1-6-3-4-8(5-9(6)12)11(17)16-15-7(2)10(13)14/h3-5,10,15H,2H2,1H3,(H,16,17). The topological polar surface area (TPSA) is 41.1 Å². The molecule has 0 aromatic heterocycles. The van der Waals surface area contributed by atoms with E-state index in [2.05, 4.69) is 6.58 Å². The summed E-state index contributed by atoms with van der Waals surface area (Å²) in [5.41, 5.74) is 3.73. The van der Waals surface area contributed by atoms with Crippen molar-refractivity contribution < 1.29 is 18.0 Å². The minimum Gasteiger partial charge on any atom is -0.297 e. The Balaban J connectivity index is 2.64. The first kappa shape index (κ1) is 13.1. The number of carbonyl (C=O) groups excluding carboxylic acids is 1. The van der Waals surface area contributed by atoms with Gasteiger partial charge in [-0.1, -0.05) is 12.6 Å². The number of benzene rings is 1. The Morgan fingerprint density at radius 1 is 1.35 bits per heavy atom. The molecule has 3 nitrogen and oxygen atoms in total. The molecule has 1 amide bonds.